The van der Waals surface area contributed by atoms with Crippen LogP contribution in [0.3, 0.4) is 0 Å². The first-order valence-electron chi connectivity index (χ1n) is 7.74. The Bertz CT molecular complexity index is 597. The number of fused-ring (bicyclic) bond motifs is 3. The molecule has 1 saturated heterocycles. The molecule has 0 aromatic rings. The van der Waals surface area contributed by atoms with Crippen molar-refractivity contribution in [1.82, 2.24) is 0 Å². The molecule has 7 heteroatoms. The molecular formula is C16H21NO6. The third-order valence-electron chi connectivity index (χ3n) is 5.49. The van der Waals surface area contributed by atoms with E-state index in [-0.39, 0.29) is 30.0 Å². The van der Waals surface area contributed by atoms with Crippen molar-refractivity contribution in [3.05, 3.63) is 12.2 Å². The summed E-state index contributed by atoms with van der Waals surface area (Å²) in [4.78, 5) is 35.6. The van der Waals surface area contributed by atoms with Crippen LogP contribution in [0.5, 0.6) is 0 Å². The molecule has 1 heterocycles. The summed E-state index contributed by atoms with van der Waals surface area (Å²) in [6.07, 6.45) is -1.01. The number of carbonyl (C=O) groups excluding carboxylic acids is 3. The minimum absolute atomic E-state index is 0.0781. The van der Waals surface area contributed by atoms with Crippen molar-refractivity contribution in [1.29, 1.82) is 0 Å². The van der Waals surface area contributed by atoms with E-state index < -0.39 is 35.8 Å². The SMILES string of the molecule is C=C1CC(OC(C)=O)C2C(OC(=O)C2(N)O)C2C(C)C(=O)CC12. The van der Waals surface area contributed by atoms with Crippen molar-refractivity contribution in [2.45, 2.75) is 44.6 Å². The minimum Gasteiger partial charge on any atom is -0.462 e. The summed E-state index contributed by atoms with van der Waals surface area (Å²) < 4.78 is 10.7. The van der Waals surface area contributed by atoms with Crippen LogP contribution < -0.4 is 5.73 Å². The third-order valence-corrected chi connectivity index (χ3v) is 5.49. The lowest BCUT2D eigenvalue weighted by Crippen LogP contribution is -2.56. The number of nitrogens with two attached hydrogens (primary N) is 1. The zero-order valence-corrected chi connectivity index (χ0v) is 13.2. The zero-order valence-electron chi connectivity index (χ0n) is 13.2. The van der Waals surface area contributed by atoms with Gasteiger partial charge in [0.2, 0.25) is 5.72 Å². The molecule has 23 heavy (non-hydrogen) atoms. The second-order valence-corrected chi connectivity index (χ2v) is 6.87. The normalized spacial score (nSPS) is 46.0. The molecule has 7 unspecified atom stereocenters. The van der Waals surface area contributed by atoms with E-state index in [0.717, 1.165) is 5.57 Å². The highest BCUT2D eigenvalue weighted by molar-refractivity contribution is 5.86. The van der Waals surface area contributed by atoms with Crippen molar-refractivity contribution in [2.24, 2.45) is 29.4 Å². The Labute approximate surface area is 133 Å². The number of esters is 2. The summed E-state index contributed by atoms with van der Waals surface area (Å²) in [5.41, 5.74) is 4.31. The summed E-state index contributed by atoms with van der Waals surface area (Å²) >= 11 is 0. The Kier molecular flexibility index (Phi) is 3.61. The molecule has 7 atom stereocenters. The van der Waals surface area contributed by atoms with Gasteiger partial charge >= 0.3 is 11.9 Å². The number of Topliss-reactive ketones (excluding diaryl/α,β-unsaturated/α-hetero) is 1. The predicted octanol–water partition coefficient (Wildman–Crippen LogP) is -0.0918. The second kappa shape index (κ2) is 5.14. The monoisotopic (exact) mass is 323 g/mol. The average molecular weight is 323 g/mol. The van der Waals surface area contributed by atoms with Gasteiger partial charge in [0.1, 0.15) is 18.0 Å². The van der Waals surface area contributed by atoms with Crippen LogP contribution in [0, 0.1) is 23.7 Å². The molecular weight excluding hydrogens is 302 g/mol. The number of hydrogen-bond acceptors (Lipinski definition) is 7. The average Bonchev–Trinajstić information content (AvgIpc) is 2.79. The van der Waals surface area contributed by atoms with Gasteiger partial charge in [-0.15, -0.1) is 0 Å². The van der Waals surface area contributed by atoms with Gasteiger partial charge in [0.15, 0.2) is 0 Å². The van der Waals surface area contributed by atoms with Crippen molar-refractivity contribution >= 4 is 17.7 Å². The molecule has 3 fully saturated rings. The van der Waals surface area contributed by atoms with Gasteiger partial charge in [-0.2, -0.15) is 0 Å². The number of hydrogen-bond donors (Lipinski definition) is 2. The van der Waals surface area contributed by atoms with Crippen molar-refractivity contribution in [3.8, 4) is 0 Å². The maximum Gasteiger partial charge on any atom is 0.354 e. The molecule has 0 bridgehead atoms. The summed E-state index contributed by atoms with van der Waals surface area (Å²) in [6.45, 7) is 7.07. The largest absolute Gasteiger partial charge is 0.462 e. The predicted molar refractivity (Wildman–Crippen MR) is 77.6 cm³/mol. The maximum absolute atomic E-state index is 12.1. The molecule has 1 aliphatic heterocycles. The Morgan fingerprint density at radius 2 is 2.09 bits per heavy atom. The van der Waals surface area contributed by atoms with Crippen LogP contribution in [0.2, 0.25) is 0 Å². The Morgan fingerprint density at radius 3 is 2.70 bits per heavy atom. The van der Waals surface area contributed by atoms with Gasteiger partial charge in [0, 0.05) is 31.6 Å². The Morgan fingerprint density at radius 1 is 1.43 bits per heavy atom. The molecule has 0 amide bonds. The molecule has 3 rings (SSSR count). The van der Waals surface area contributed by atoms with E-state index in [1.807, 2.05) is 0 Å². The molecule has 7 nitrogen and oxygen atoms in total. The summed E-state index contributed by atoms with van der Waals surface area (Å²) in [5.74, 6) is -3.11. The molecule has 126 valence electrons. The van der Waals surface area contributed by atoms with Crippen molar-refractivity contribution < 1.29 is 29.0 Å². The Balaban J connectivity index is 2.06. The van der Waals surface area contributed by atoms with E-state index in [1.54, 1.807) is 6.92 Å². The number of ketones is 1. The standard InChI is InChI=1S/C16H21NO6/c1-6-4-11(22-8(3)18)13-14(23-15(20)16(13,17)21)12-7(2)10(19)5-9(6)12/h7,9,11-14,21H,1,4-5,17H2,2-3H3. The van der Waals surface area contributed by atoms with Gasteiger partial charge in [-0.25, -0.2) is 4.79 Å². The van der Waals surface area contributed by atoms with Gasteiger partial charge in [-0.05, 0) is 5.92 Å². The molecule has 3 aliphatic rings. The van der Waals surface area contributed by atoms with E-state index in [2.05, 4.69) is 6.58 Å². The highest BCUT2D eigenvalue weighted by Gasteiger charge is 2.65. The van der Waals surface area contributed by atoms with E-state index in [1.165, 1.54) is 6.92 Å². The number of aliphatic hydroxyl groups is 1. The quantitative estimate of drug-likeness (QED) is 0.393. The van der Waals surface area contributed by atoms with Gasteiger partial charge in [-0.1, -0.05) is 19.1 Å². The summed E-state index contributed by atoms with van der Waals surface area (Å²) in [6, 6.07) is 0. The highest BCUT2D eigenvalue weighted by atomic mass is 16.6. The number of ether oxygens (including phenoxy) is 2. The molecule has 0 spiro atoms. The Hall–Kier alpha value is -1.73. The van der Waals surface area contributed by atoms with E-state index in [9.17, 15) is 19.5 Å². The lowest BCUT2D eigenvalue weighted by Gasteiger charge is -2.32. The third kappa shape index (κ3) is 2.30. The van der Waals surface area contributed by atoms with Crippen molar-refractivity contribution in [2.75, 3.05) is 0 Å². The van der Waals surface area contributed by atoms with Crippen LogP contribution >= 0.6 is 0 Å². The van der Waals surface area contributed by atoms with Gasteiger partial charge in [-0.3, -0.25) is 15.3 Å². The van der Waals surface area contributed by atoms with Crippen molar-refractivity contribution in [3.63, 3.8) is 0 Å². The summed E-state index contributed by atoms with van der Waals surface area (Å²) in [7, 11) is 0. The fourth-order valence-electron chi connectivity index (χ4n) is 4.39. The molecule has 0 aromatic heterocycles. The second-order valence-electron chi connectivity index (χ2n) is 6.87. The van der Waals surface area contributed by atoms with Gasteiger partial charge < -0.3 is 14.6 Å². The number of rotatable bonds is 1. The molecule has 3 N–H and O–H groups in total. The van der Waals surface area contributed by atoms with Crippen LogP contribution in [-0.2, 0) is 23.9 Å². The maximum atomic E-state index is 12.1. The fourth-order valence-corrected chi connectivity index (χ4v) is 4.39. The fraction of sp³-hybridized carbons (Fsp3) is 0.688. The zero-order chi connectivity index (χ0) is 17.1. The first-order chi connectivity index (χ1) is 10.6. The minimum atomic E-state index is -2.24. The van der Waals surface area contributed by atoms with E-state index >= 15 is 0 Å². The molecule has 0 radical (unpaired) electrons. The molecule has 2 saturated carbocycles. The van der Waals surface area contributed by atoms with Gasteiger partial charge in [0.05, 0.1) is 5.92 Å². The first kappa shape index (κ1) is 16.1. The lowest BCUT2D eigenvalue weighted by atomic mass is 9.78. The number of carbonyl (C=O) groups is 3. The van der Waals surface area contributed by atoms with Crippen LogP contribution in [-0.4, -0.2) is 40.8 Å². The van der Waals surface area contributed by atoms with Crippen LogP contribution in [0.25, 0.3) is 0 Å². The van der Waals surface area contributed by atoms with E-state index in [0.29, 0.717) is 6.42 Å². The molecule has 2 aliphatic carbocycles. The lowest BCUT2D eigenvalue weighted by molar-refractivity contribution is -0.161. The van der Waals surface area contributed by atoms with Gasteiger partial charge in [0.25, 0.3) is 0 Å². The first-order valence-corrected chi connectivity index (χ1v) is 7.74. The van der Waals surface area contributed by atoms with Crippen LogP contribution in [0.1, 0.15) is 26.7 Å². The van der Waals surface area contributed by atoms with Crippen LogP contribution in [0.15, 0.2) is 12.2 Å². The summed E-state index contributed by atoms with van der Waals surface area (Å²) in [5, 5.41) is 10.4. The molecule has 0 aromatic carbocycles. The van der Waals surface area contributed by atoms with E-state index in [4.69, 9.17) is 15.2 Å². The topological polar surface area (TPSA) is 116 Å². The smallest absolute Gasteiger partial charge is 0.354 e. The highest BCUT2D eigenvalue weighted by Crippen LogP contribution is 2.52. The van der Waals surface area contributed by atoms with Crippen LogP contribution in [0.4, 0.5) is 0 Å².